The molecule has 0 saturated heterocycles. The molecule has 0 aromatic heterocycles. The van der Waals surface area contributed by atoms with Gasteiger partial charge in [-0.15, -0.1) is 0 Å². The Balaban J connectivity index is 3.37. The lowest BCUT2D eigenvalue weighted by molar-refractivity contribution is 1.27. The maximum absolute atomic E-state index is 5.80. The van der Waals surface area contributed by atoms with Gasteiger partial charge in [0, 0.05) is 12.6 Å². The molecule has 70 valence electrons. The van der Waals surface area contributed by atoms with E-state index in [1.165, 1.54) is 16.7 Å². The largest absolute Gasteiger partial charge is 0.383 e. The van der Waals surface area contributed by atoms with E-state index in [-0.39, 0.29) is 0 Å². The van der Waals surface area contributed by atoms with Crippen molar-refractivity contribution in [3.8, 4) is 0 Å². The minimum Gasteiger partial charge on any atom is -0.383 e. The van der Waals surface area contributed by atoms with Crippen LogP contribution in [0.1, 0.15) is 22.3 Å². The zero-order chi connectivity index (χ0) is 10.0. The van der Waals surface area contributed by atoms with Crippen molar-refractivity contribution in [3.63, 3.8) is 0 Å². The topological polar surface area (TPSA) is 38.4 Å². The average molecular weight is 176 g/mol. The van der Waals surface area contributed by atoms with Crippen LogP contribution in [-0.4, -0.2) is 12.9 Å². The third-order valence-electron chi connectivity index (χ3n) is 2.17. The molecule has 13 heavy (non-hydrogen) atoms. The second-order valence-electron chi connectivity index (χ2n) is 3.38. The zero-order valence-corrected chi connectivity index (χ0v) is 8.68. The molecule has 0 aliphatic rings. The second-order valence-corrected chi connectivity index (χ2v) is 3.38. The summed E-state index contributed by atoms with van der Waals surface area (Å²) >= 11 is 0. The molecule has 2 N–H and O–H groups in total. The van der Waals surface area contributed by atoms with E-state index >= 15 is 0 Å². The first kappa shape index (κ1) is 9.78. The number of nitrogens with two attached hydrogens (primary N) is 1. The average Bonchev–Trinajstić information content (AvgIpc) is 2.02. The molecular formula is C11H16N2. The van der Waals surface area contributed by atoms with Gasteiger partial charge in [0.05, 0.1) is 0 Å². The van der Waals surface area contributed by atoms with Crippen molar-refractivity contribution < 1.29 is 0 Å². The molecule has 1 aromatic rings. The van der Waals surface area contributed by atoms with Crippen molar-refractivity contribution >= 4 is 5.84 Å². The van der Waals surface area contributed by atoms with Crippen LogP contribution in [0.4, 0.5) is 0 Å². The normalized spacial score (nSPS) is 11.8. The van der Waals surface area contributed by atoms with Gasteiger partial charge in [-0.25, -0.2) is 0 Å². The van der Waals surface area contributed by atoms with Gasteiger partial charge in [0.1, 0.15) is 5.84 Å². The highest BCUT2D eigenvalue weighted by Gasteiger charge is 2.06. The van der Waals surface area contributed by atoms with Gasteiger partial charge in [-0.05, 0) is 31.9 Å². The molecule has 0 amide bonds. The molecule has 0 atom stereocenters. The summed E-state index contributed by atoms with van der Waals surface area (Å²) in [5.41, 5.74) is 10.5. The summed E-state index contributed by atoms with van der Waals surface area (Å²) in [6, 6.07) is 4.25. The third kappa shape index (κ3) is 1.89. The number of nitrogens with zero attached hydrogens (tertiary/aromatic N) is 1. The summed E-state index contributed by atoms with van der Waals surface area (Å²) in [4.78, 5) is 4.00. The maximum atomic E-state index is 5.80. The fourth-order valence-electron chi connectivity index (χ4n) is 1.70. The van der Waals surface area contributed by atoms with Gasteiger partial charge in [-0.2, -0.15) is 0 Å². The lowest BCUT2D eigenvalue weighted by Crippen LogP contribution is -2.16. The number of aliphatic imine (C=N–C) groups is 1. The minimum absolute atomic E-state index is 0.620. The summed E-state index contributed by atoms with van der Waals surface area (Å²) in [7, 11) is 1.72. The van der Waals surface area contributed by atoms with Crippen LogP contribution in [0.25, 0.3) is 0 Å². The van der Waals surface area contributed by atoms with E-state index in [1.807, 2.05) is 0 Å². The molecule has 0 saturated carbocycles. The van der Waals surface area contributed by atoms with Crippen LogP contribution in [0.5, 0.6) is 0 Å². The van der Waals surface area contributed by atoms with Crippen LogP contribution >= 0.6 is 0 Å². The first-order chi connectivity index (χ1) is 6.06. The van der Waals surface area contributed by atoms with Gasteiger partial charge in [0.25, 0.3) is 0 Å². The highest BCUT2D eigenvalue weighted by molar-refractivity contribution is 6.00. The molecule has 0 radical (unpaired) electrons. The summed E-state index contributed by atoms with van der Waals surface area (Å²) in [6.45, 7) is 6.21. The van der Waals surface area contributed by atoms with Gasteiger partial charge in [0.2, 0.25) is 0 Å². The Labute approximate surface area is 79.5 Å². The van der Waals surface area contributed by atoms with Gasteiger partial charge in [-0.1, -0.05) is 17.7 Å². The molecule has 2 nitrogen and oxygen atoms in total. The van der Waals surface area contributed by atoms with Gasteiger partial charge in [0.15, 0.2) is 0 Å². The molecule has 0 heterocycles. The van der Waals surface area contributed by atoms with E-state index in [2.05, 4.69) is 37.9 Å². The first-order valence-corrected chi connectivity index (χ1v) is 4.36. The summed E-state index contributed by atoms with van der Waals surface area (Å²) in [5, 5.41) is 0. The van der Waals surface area contributed by atoms with Crippen LogP contribution < -0.4 is 5.73 Å². The van der Waals surface area contributed by atoms with E-state index < -0.39 is 0 Å². The Kier molecular flexibility index (Phi) is 2.71. The fourth-order valence-corrected chi connectivity index (χ4v) is 1.70. The maximum Gasteiger partial charge on any atom is 0.125 e. The summed E-state index contributed by atoms with van der Waals surface area (Å²) < 4.78 is 0. The van der Waals surface area contributed by atoms with Crippen molar-refractivity contribution in [3.05, 3.63) is 34.4 Å². The van der Waals surface area contributed by atoms with E-state index in [0.29, 0.717) is 5.84 Å². The number of hydrogen-bond donors (Lipinski definition) is 1. The number of hydrogen-bond acceptors (Lipinski definition) is 1. The fraction of sp³-hybridized carbons (Fsp3) is 0.364. The summed E-state index contributed by atoms with van der Waals surface area (Å²) in [5.74, 6) is 0.620. The van der Waals surface area contributed by atoms with Crippen molar-refractivity contribution in [2.45, 2.75) is 20.8 Å². The van der Waals surface area contributed by atoms with Gasteiger partial charge in [-0.3, -0.25) is 4.99 Å². The molecule has 0 aliphatic heterocycles. The third-order valence-corrected chi connectivity index (χ3v) is 2.17. The standard InChI is InChI=1S/C11H16N2/c1-7-5-8(2)10(9(3)6-7)11(12)13-4/h5-6H,1-4H3,(H2,12,13). The molecule has 1 aromatic carbocycles. The zero-order valence-electron chi connectivity index (χ0n) is 8.68. The Bertz CT molecular complexity index is 328. The van der Waals surface area contributed by atoms with E-state index in [0.717, 1.165) is 5.56 Å². The number of aryl methyl sites for hydroxylation is 3. The van der Waals surface area contributed by atoms with E-state index in [4.69, 9.17) is 5.73 Å². The van der Waals surface area contributed by atoms with Gasteiger partial charge < -0.3 is 5.73 Å². The minimum atomic E-state index is 0.620. The molecular weight excluding hydrogens is 160 g/mol. The van der Waals surface area contributed by atoms with Crippen molar-refractivity contribution in [1.82, 2.24) is 0 Å². The first-order valence-electron chi connectivity index (χ1n) is 4.36. The quantitative estimate of drug-likeness (QED) is 0.515. The number of benzene rings is 1. The monoisotopic (exact) mass is 176 g/mol. The smallest absolute Gasteiger partial charge is 0.125 e. The highest BCUT2D eigenvalue weighted by atomic mass is 14.8. The SMILES string of the molecule is CN=C(N)c1c(C)cc(C)cc1C. The van der Waals surface area contributed by atoms with Crippen LogP contribution in [0, 0.1) is 20.8 Å². The van der Waals surface area contributed by atoms with Gasteiger partial charge >= 0.3 is 0 Å². The lowest BCUT2D eigenvalue weighted by Gasteiger charge is -2.09. The van der Waals surface area contributed by atoms with Crippen molar-refractivity contribution in [1.29, 1.82) is 0 Å². The molecule has 0 aliphatic carbocycles. The molecule has 1 rings (SSSR count). The molecule has 2 heteroatoms. The van der Waals surface area contributed by atoms with Crippen LogP contribution in [0.3, 0.4) is 0 Å². The Morgan fingerprint density at radius 3 is 2.00 bits per heavy atom. The lowest BCUT2D eigenvalue weighted by atomic mass is 9.99. The van der Waals surface area contributed by atoms with Crippen LogP contribution in [0.15, 0.2) is 17.1 Å². The Morgan fingerprint density at radius 2 is 1.62 bits per heavy atom. The Hall–Kier alpha value is -1.31. The molecule has 0 bridgehead atoms. The van der Waals surface area contributed by atoms with Crippen molar-refractivity contribution in [2.75, 3.05) is 7.05 Å². The molecule has 0 unspecified atom stereocenters. The van der Waals surface area contributed by atoms with Crippen LogP contribution in [-0.2, 0) is 0 Å². The highest BCUT2D eigenvalue weighted by Crippen LogP contribution is 2.15. The molecule has 0 fully saturated rings. The predicted octanol–water partition coefficient (Wildman–Crippen LogP) is 1.95. The van der Waals surface area contributed by atoms with Crippen LogP contribution in [0.2, 0.25) is 0 Å². The molecule has 0 spiro atoms. The van der Waals surface area contributed by atoms with Crippen molar-refractivity contribution in [2.24, 2.45) is 10.7 Å². The summed E-state index contributed by atoms with van der Waals surface area (Å²) in [6.07, 6.45) is 0. The predicted molar refractivity (Wildman–Crippen MR) is 57.3 cm³/mol. The van der Waals surface area contributed by atoms with E-state index in [1.54, 1.807) is 7.05 Å². The second kappa shape index (κ2) is 3.60. The Morgan fingerprint density at radius 1 is 1.15 bits per heavy atom. The number of rotatable bonds is 1. The number of amidine groups is 1. The van der Waals surface area contributed by atoms with E-state index in [9.17, 15) is 0 Å².